The van der Waals surface area contributed by atoms with Crippen LogP contribution in [0.5, 0.6) is 0 Å². The molecule has 1 aliphatic heterocycles. The number of nitriles is 1. The first-order valence-corrected chi connectivity index (χ1v) is 7.63. The highest BCUT2D eigenvalue weighted by Crippen LogP contribution is 2.18. The number of benzene rings is 1. The average Bonchev–Trinajstić information content (AvgIpc) is 2.52. The first kappa shape index (κ1) is 15.5. The fraction of sp³-hybridized carbons (Fsp3) is 0.529. The molecular formula is C17H23N3O. The van der Waals surface area contributed by atoms with Crippen molar-refractivity contribution in [3.63, 3.8) is 0 Å². The summed E-state index contributed by atoms with van der Waals surface area (Å²) in [6.45, 7) is 6.90. The fourth-order valence-electron chi connectivity index (χ4n) is 2.69. The van der Waals surface area contributed by atoms with Gasteiger partial charge in [-0.05, 0) is 49.6 Å². The Morgan fingerprint density at radius 3 is 2.76 bits per heavy atom. The molecule has 1 N–H and O–H groups in total. The second-order valence-electron chi connectivity index (χ2n) is 6.01. The Bertz CT molecular complexity index is 516. The van der Waals surface area contributed by atoms with Crippen molar-refractivity contribution in [2.45, 2.75) is 32.7 Å². The van der Waals surface area contributed by atoms with Crippen molar-refractivity contribution in [3.8, 4) is 6.07 Å². The van der Waals surface area contributed by atoms with Crippen LogP contribution in [-0.4, -0.2) is 36.5 Å². The third-order valence-electron chi connectivity index (χ3n) is 3.88. The van der Waals surface area contributed by atoms with E-state index in [0.717, 1.165) is 26.1 Å². The second kappa shape index (κ2) is 7.24. The van der Waals surface area contributed by atoms with E-state index in [9.17, 15) is 4.79 Å². The van der Waals surface area contributed by atoms with E-state index in [2.05, 4.69) is 25.2 Å². The summed E-state index contributed by atoms with van der Waals surface area (Å²) in [5.74, 6) is 0.609. The van der Waals surface area contributed by atoms with E-state index in [1.165, 1.54) is 6.42 Å². The van der Waals surface area contributed by atoms with Gasteiger partial charge in [-0.1, -0.05) is 13.8 Å². The lowest BCUT2D eigenvalue weighted by molar-refractivity contribution is 0.0672. The molecule has 4 nitrogen and oxygen atoms in total. The van der Waals surface area contributed by atoms with Gasteiger partial charge in [-0.2, -0.15) is 5.26 Å². The maximum absolute atomic E-state index is 12.5. The molecule has 0 spiro atoms. The summed E-state index contributed by atoms with van der Waals surface area (Å²) in [7, 11) is 0. The summed E-state index contributed by atoms with van der Waals surface area (Å²) in [4.78, 5) is 14.4. The number of carbonyl (C=O) groups is 1. The Morgan fingerprint density at radius 1 is 1.43 bits per heavy atom. The van der Waals surface area contributed by atoms with Crippen LogP contribution in [0.25, 0.3) is 0 Å². The first-order valence-electron chi connectivity index (χ1n) is 7.63. The molecule has 2 rings (SSSR count). The molecule has 1 saturated heterocycles. The lowest BCUT2D eigenvalue weighted by Crippen LogP contribution is -2.43. The van der Waals surface area contributed by atoms with Gasteiger partial charge < -0.3 is 10.2 Å². The van der Waals surface area contributed by atoms with Crippen LogP contribution in [0.15, 0.2) is 24.3 Å². The highest BCUT2D eigenvalue weighted by atomic mass is 16.2. The minimum Gasteiger partial charge on any atom is -0.338 e. The molecule has 0 saturated carbocycles. The molecule has 1 unspecified atom stereocenters. The van der Waals surface area contributed by atoms with Gasteiger partial charge in [0.1, 0.15) is 0 Å². The minimum absolute atomic E-state index is 0.0775. The SMILES string of the molecule is CC(C)NCC1CCCN(C(=O)c2ccc(C#N)cc2)C1. The Kier molecular flexibility index (Phi) is 5.35. The van der Waals surface area contributed by atoms with Crippen LogP contribution in [-0.2, 0) is 0 Å². The van der Waals surface area contributed by atoms with Crippen molar-refractivity contribution in [3.05, 3.63) is 35.4 Å². The summed E-state index contributed by atoms with van der Waals surface area (Å²) in [6.07, 6.45) is 2.24. The lowest BCUT2D eigenvalue weighted by Gasteiger charge is -2.33. The average molecular weight is 285 g/mol. The number of nitrogens with zero attached hydrogens (tertiary/aromatic N) is 2. The molecule has 1 atom stereocenters. The molecule has 0 bridgehead atoms. The maximum Gasteiger partial charge on any atom is 0.253 e. The van der Waals surface area contributed by atoms with E-state index in [4.69, 9.17) is 5.26 Å². The van der Waals surface area contributed by atoms with Gasteiger partial charge in [-0.25, -0.2) is 0 Å². The van der Waals surface area contributed by atoms with Crippen LogP contribution >= 0.6 is 0 Å². The smallest absolute Gasteiger partial charge is 0.253 e. The second-order valence-corrected chi connectivity index (χ2v) is 6.01. The van der Waals surface area contributed by atoms with E-state index < -0.39 is 0 Å². The maximum atomic E-state index is 12.5. The Labute approximate surface area is 126 Å². The van der Waals surface area contributed by atoms with Crippen LogP contribution in [0.1, 0.15) is 42.6 Å². The molecule has 0 aromatic heterocycles. The summed E-state index contributed by atoms with van der Waals surface area (Å²) in [6, 6.07) is 9.46. The van der Waals surface area contributed by atoms with E-state index in [-0.39, 0.29) is 5.91 Å². The zero-order valence-electron chi connectivity index (χ0n) is 12.8. The molecule has 0 radical (unpaired) electrons. The van der Waals surface area contributed by atoms with E-state index in [1.54, 1.807) is 24.3 Å². The molecule has 1 amide bonds. The van der Waals surface area contributed by atoms with Crippen molar-refractivity contribution in [1.29, 1.82) is 5.26 Å². The summed E-state index contributed by atoms with van der Waals surface area (Å²) < 4.78 is 0. The molecule has 21 heavy (non-hydrogen) atoms. The van der Waals surface area contributed by atoms with Crippen molar-refractivity contribution in [1.82, 2.24) is 10.2 Å². The quantitative estimate of drug-likeness (QED) is 0.924. The van der Waals surface area contributed by atoms with Gasteiger partial charge in [0.15, 0.2) is 0 Å². The molecule has 1 aliphatic rings. The van der Waals surface area contributed by atoms with Gasteiger partial charge in [-0.3, -0.25) is 4.79 Å². The van der Waals surface area contributed by atoms with Crippen LogP contribution < -0.4 is 5.32 Å². The van der Waals surface area contributed by atoms with Crippen molar-refractivity contribution < 1.29 is 4.79 Å². The number of piperidine rings is 1. The Balaban J connectivity index is 1.96. The molecule has 1 aromatic carbocycles. The van der Waals surface area contributed by atoms with Gasteiger partial charge >= 0.3 is 0 Å². The zero-order chi connectivity index (χ0) is 15.2. The van der Waals surface area contributed by atoms with Crippen molar-refractivity contribution >= 4 is 5.91 Å². The van der Waals surface area contributed by atoms with Crippen molar-refractivity contribution in [2.75, 3.05) is 19.6 Å². The monoisotopic (exact) mass is 285 g/mol. The Hall–Kier alpha value is -1.86. The summed E-state index contributed by atoms with van der Waals surface area (Å²) in [5.41, 5.74) is 1.26. The molecule has 1 fully saturated rings. The number of nitrogens with one attached hydrogen (secondary N) is 1. The highest BCUT2D eigenvalue weighted by molar-refractivity contribution is 5.94. The van der Waals surface area contributed by atoms with Gasteiger partial charge in [0.25, 0.3) is 5.91 Å². The minimum atomic E-state index is 0.0775. The summed E-state index contributed by atoms with van der Waals surface area (Å²) >= 11 is 0. The third kappa shape index (κ3) is 4.30. The van der Waals surface area contributed by atoms with E-state index in [0.29, 0.717) is 23.1 Å². The molecule has 1 aromatic rings. The highest BCUT2D eigenvalue weighted by Gasteiger charge is 2.24. The standard InChI is InChI=1S/C17H23N3O/c1-13(2)19-11-15-4-3-9-20(12-15)17(21)16-7-5-14(10-18)6-8-16/h5-8,13,15,19H,3-4,9,11-12H2,1-2H3. The lowest BCUT2D eigenvalue weighted by atomic mass is 9.97. The van der Waals surface area contributed by atoms with Crippen LogP contribution in [0, 0.1) is 17.2 Å². The number of hydrogen-bond donors (Lipinski definition) is 1. The molecular weight excluding hydrogens is 262 g/mol. The topological polar surface area (TPSA) is 56.1 Å². The number of hydrogen-bond acceptors (Lipinski definition) is 3. The predicted octanol–water partition coefficient (Wildman–Crippen LogP) is 2.41. The molecule has 4 heteroatoms. The van der Waals surface area contributed by atoms with Gasteiger partial charge in [0, 0.05) is 24.7 Å². The normalized spacial score (nSPS) is 18.6. The molecule has 112 valence electrons. The van der Waals surface area contributed by atoms with Gasteiger partial charge in [0.2, 0.25) is 0 Å². The van der Waals surface area contributed by atoms with Crippen LogP contribution in [0.3, 0.4) is 0 Å². The third-order valence-corrected chi connectivity index (χ3v) is 3.88. The zero-order valence-corrected chi connectivity index (χ0v) is 12.8. The molecule has 1 heterocycles. The molecule has 0 aliphatic carbocycles. The number of amides is 1. The number of rotatable bonds is 4. The van der Waals surface area contributed by atoms with Gasteiger partial charge in [-0.15, -0.1) is 0 Å². The van der Waals surface area contributed by atoms with E-state index >= 15 is 0 Å². The van der Waals surface area contributed by atoms with Gasteiger partial charge in [0.05, 0.1) is 11.6 Å². The number of likely N-dealkylation sites (tertiary alicyclic amines) is 1. The first-order chi connectivity index (χ1) is 10.1. The van der Waals surface area contributed by atoms with Crippen LogP contribution in [0.4, 0.5) is 0 Å². The van der Waals surface area contributed by atoms with E-state index in [1.807, 2.05) is 4.90 Å². The predicted molar refractivity (Wildman–Crippen MR) is 82.9 cm³/mol. The summed E-state index contributed by atoms with van der Waals surface area (Å²) in [5, 5.41) is 12.3. The largest absolute Gasteiger partial charge is 0.338 e. The fourth-order valence-corrected chi connectivity index (χ4v) is 2.69. The number of carbonyl (C=O) groups excluding carboxylic acids is 1. The van der Waals surface area contributed by atoms with Crippen molar-refractivity contribution in [2.24, 2.45) is 5.92 Å². The van der Waals surface area contributed by atoms with Crippen LogP contribution in [0.2, 0.25) is 0 Å². The Morgan fingerprint density at radius 2 is 2.14 bits per heavy atom.